The molecule has 2 aromatic carbocycles. The van der Waals surface area contributed by atoms with Gasteiger partial charge in [-0.3, -0.25) is 0 Å². The average Bonchev–Trinajstić information content (AvgIpc) is 3.12. The van der Waals surface area contributed by atoms with Gasteiger partial charge in [0.2, 0.25) is 0 Å². The first kappa shape index (κ1) is 16.6. The summed E-state index contributed by atoms with van der Waals surface area (Å²) in [6.45, 7) is 6.78. The van der Waals surface area contributed by atoms with Crippen molar-refractivity contribution in [2.24, 2.45) is 0 Å². The lowest BCUT2D eigenvalue weighted by Crippen LogP contribution is -2.01. The highest BCUT2D eigenvalue weighted by Gasteiger charge is 2.03. The van der Waals surface area contributed by atoms with Crippen molar-refractivity contribution in [1.82, 2.24) is 9.97 Å². The SMILES string of the molecule is CC.Cc1ccc(Oc2ccccc2)cc1NCc1cnc[nH]1.[HH]. The van der Waals surface area contributed by atoms with Crippen molar-refractivity contribution in [1.29, 1.82) is 0 Å². The molecule has 0 bridgehead atoms. The second-order valence-corrected chi connectivity index (χ2v) is 4.82. The summed E-state index contributed by atoms with van der Waals surface area (Å²) in [7, 11) is 0. The van der Waals surface area contributed by atoms with E-state index in [1.807, 2.05) is 68.6 Å². The molecule has 23 heavy (non-hydrogen) atoms. The average molecular weight is 311 g/mol. The summed E-state index contributed by atoms with van der Waals surface area (Å²) in [6.07, 6.45) is 3.49. The fourth-order valence-electron chi connectivity index (χ4n) is 2.05. The topological polar surface area (TPSA) is 49.9 Å². The normalized spacial score (nSPS) is 9.70. The highest BCUT2D eigenvalue weighted by molar-refractivity contribution is 5.55. The van der Waals surface area contributed by atoms with Crippen molar-refractivity contribution in [3.05, 3.63) is 72.3 Å². The van der Waals surface area contributed by atoms with Crippen LogP contribution in [0.4, 0.5) is 5.69 Å². The molecule has 0 unspecified atom stereocenters. The molecular formula is C19H25N3O. The molecule has 3 aromatic rings. The third kappa shape index (κ3) is 4.88. The summed E-state index contributed by atoms with van der Waals surface area (Å²) in [5, 5.41) is 3.39. The minimum atomic E-state index is 0. The lowest BCUT2D eigenvalue weighted by molar-refractivity contribution is 0.483. The zero-order chi connectivity index (χ0) is 16.5. The van der Waals surface area contributed by atoms with Crippen LogP contribution >= 0.6 is 0 Å². The Morgan fingerprint density at radius 1 is 1.09 bits per heavy atom. The fourth-order valence-corrected chi connectivity index (χ4v) is 2.05. The summed E-state index contributed by atoms with van der Waals surface area (Å²) < 4.78 is 5.85. The number of rotatable bonds is 5. The number of aromatic amines is 1. The number of hydrogen-bond acceptors (Lipinski definition) is 3. The van der Waals surface area contributed by atoms with Crippen LogP contribution < -0.4 is 10.1 Å². The number of nitrogens with one attached hydrogen (secondary N) is 2. The van der Waals surface area contributed by atoms with Gasteiger partial charge in [0, 0.05) is 19.4 Å². The Morgan fingerprint density at radius 3 is 2.57 bits per heavy atom. The van der Waals surface area contributed by atoms with E-state index in [0.29, 0.717) is 6.54 Å². The summed E-state index contributed by atoms with van der Waals surface area (Å²) >= 11 is 0. The molecule has 3 rings (SSSR count). The van der Waals surface area contributed by atoms with Crippen molar-refractivity contribution in [3.8, 4) is 11.5 Å². The molecule has 0 radical (unpaired) electrons. The number of H-pyrrole nitrogens is 1. The van der Waals surface area contributed by atoms with Crippen molar-refractivity contribution in [3.63, 3.8) is 0 Å². The first-order valence-corrected chi connectivity index (χ1v) is 7.86. The highest BCUT2D eigenvalue weighted by Crippen LogP contribution is 2.26. The number of para-hydroxylation sites is 1. The molecule has 0 atom stereocenters. The number of benzene rings is 2. The molecular weight excluding hydrogens is 286 g/mol. The van der Waals surface area contributed by atoms with Crippen molar-refractivity contribution in [2.45, 2.75) is 27.3 Å². The molecule has 0 saturated heterocycles. The number of imidazole rings is 1. The Morgan fingerprint density at radius 2 is 1.87 bits per heavy atom. The van der Waals surface area contributed by atoms with E-state index in [1.165, 1.54) is 5.56 Å². The van der Waals surface area contributed by atoms with Gasteiger partial charge in [0.05, 0.1) is 18.6 Å². The number of hydrogen-bond donors (Lipinski definition) is 2. The molecule has 4 nitrogen and oxygen atoms in total. The second-order valence-electron chi connectivity index (χ2n) is 4.82. The first-order valence-electron chi connectivity index (χ1n) is 7.86. The zero-order valence-electron chi connectivity index (χ0n) is 13.8. The van der Waals surface area contributed by atoms with E-state index in [4.69, 9.17) is 4.74 Å². The highest BCUT2D eigenvalue weighted by atomic mass is 16.5. The quantitative estimate of drug-likeness (QED) is 0.663. The second kappa shape index (κ2) is 8.63. The number of nitrogens with zero attached hydrogens (tertiary/aromatic N) is 1. The summed E-state index contributed by atoms with van der Waals surface area (Å²) in [5.74, 6) is 1.65. The molecule has 122 valence electrons. The van der Waals surface area contributed by atoms with Crippen LogP contribution in [0, 0.1) is 6.92 Å². The maximum absolute atomic E-state index is 5.85. The smallest absolute Gasteiger partial charge is 0.129 e. The van der Waals surface area contributed by atoms with Crippen LogP contribution in [-0.4, -0.2) is 9.97 Å². The predicted octanol–water partition coefficient (Wildman–Crippen LogP) is 5.39. The molecule has 2 N–H and O–H groups in total. The van der Waals surface area contributed by atoms with Crippen LogP contribution in [0.25, 0.3) is 0 Å². The van der Waals surface area contributed by atoms with E-state index in [2.05, 4.69) is 22.2 Å². The van der Waals surface area contributed by atoms with E-state index >= 15 is 0 Å². The van der Waals surface area contributed by atoms with E-state index in [9.17, 15) is 0 Å². The predicted molar refractivity (Wildman–Crippen MR) is 97.1 cm³/mol. The van der Waals surface area contributed by atoms with Gasteiger partial charge < -0.3 is 15.0 Å². The van der Waals surface area contributed by atoms with Crippen LogP contribution in [0.15, 0.2) is 61.1 Å². The summed E-state index contributed by atoms with van der Waals surface area (Å²) in [6, 6.07) is 15.8. The molecule has 1 heterocycles. The van der Waals surface area contributed by atoms with Crippen molar-refractivity contribution >= 4 is 5.69 Å². The minimum absolute atomic E-state index is 0. The number of anilines is 1. The van der Waals surface area contributed by atoms with Gasteiger partial charge in [0.25, 0.3) is 0 Å². The molecule has 1 aromatic heterocycles. The van der Waals surface area contributed by atoms with E-state index in [0.717, 1.165) is 22.9 Å². The Balaban J connectivity index is 0.000000925. The van der Waals surface area contributed by atoms with Crippen LogP contribution in [0.1, 0.15) is 26.5 Å². The van der Waals surface area contributed by atoms with Gasteiger partial charge in [-0.25, -0.2) is 4.98 Å². The van der Waals surface area contributed by atoms with Gasteiger partial charge in [-0.1, -0.05) is 38.1 Å². The van der Waals surface area contributed by atoms with Gasteiger partial charge >= 0.3 is 0 Å². The van der Waals surface area contributed by atoms with E-state index in [-0.39, 0.29) is 1.43 Å². The molecule has 0 aliphatic carbocycles. The van der Waals surface area contributed by atoms with Crippen molar-refractivity contribution in [2.75, 3.05) is 5.32 Å². The third-order valence-electron chi connectivity index (χ3n) is 3.21. The van der Waals surface area contributed by atoms with Crippen molar-refractivity contribution < 1.29 is 6.16 Å². The van der Waals surface area contributed by atoms with Gasteiger partial charge in [-0.05, 0) is 30.7 Å². The largest absolute Gasteiger partial charge is 0.457 e. The number of ether oxygens (including phenoxy) is 1. The molecule has 0 saturated carbocycles. The van der Waals surface area contributed by atoms with Gasteiger partial charge in [-0.15, -0.1) is 0 Å². The Kier molecular flexibility index (Phi) is 6.24. The molecule has 4 heteroatoms. The molecule has 0 aliphatic rings. The first-order chi connectivity index (χ1) is 11.3. The lowest BCUT2D eigenvalue weighted by Gasteiger charge is -2.12. The summed E-state index contributed by atoms with van der Waals surface area (Å²) in [5.41, 5.74) is 3.27. The Labute approximate surface area is 139 Å². The fraction of sp³-hybridized carbons (Fsp3) is 0.211. The Hall–Kier alpha value is -2.75. The number of aromatic nitrogens is 2. The van der Waals surface area contributed by atoms with Crippen LogP contribution in [0.5, 0.6) is 11.5 Å². The van der Waals surface area contributed by atoms with E-state index in [1.54, 1.807) is 6.33 Å². The van der Waals surface area contributed by atoms with Crippen LogP contribution in [0.3, 0.4) is 0 Å². The lowest BCUT2D eigenvalue weighted by atomic mass is 10.2. The van der Waals surface area contributed by atoms with Gasteiger partial charge in [0.1, 0.15) is 11.5 Å². The maximum Gasteiger partial charge on any atom is 0.129 e. The number of aryl methyl sites for hydroxylation is 1. The van der Waals surface area contributed by atoms with Crippen LogP contribution in [0.2, 0.25) is 0 Å². The zero-order valence-corrected chi connectivity index (χ0v) is 13.8. The summed E-state index contributed by atoms with van der Waals surface area (Å²) in [4.78, 5) is 7.09. The molecule has 0 spiro atoms. The molecule has 0 aliphatic heterocycles. The van der Waals surface area contributed by atoms with Gasteiger partial charge in [-0.2, -0.15) is 0 Å². The standard InChI is InChI=1S/C17H17N3O.C2H6.H2/c1-13-7-8-16(21-15-5-3-2-4-6-15)9-17(13)19-11-14-10-18-12-20-14;1-2;/h2-10,12,19H,11H2,1H3,(H,18,20);1-2H3;1H. The van der Waals surface area contributed by atoms with Gasteiger partial charge in [0.15, 0.2) is 0 Å². The monoisotopic (exact) mass is 311 g/mol. The van der Waals surface area contributed by atoms with E-state index < -0.39 is 0 Å². The minimum Gasteiger partial charge on any atom is -0.457 e. The maximum atomic E-state index is 5.85. The van der Waals surface area contributed by atoms with Crippen LogP contribution in [-0.2, 0) is 6.54 Å². The molecule has 0 fully saturated rings. The third-order valence-corrected chi connectivity index (χ3v) is 3.21. The molecule has 0 amide bonds. The Bertz CT molecular complexity index is 700.